The molecule has 0 amide bonds. The van der Waals surface area contributed by atoms with Gasteiger partial charge in [-0.15, -0.1) is 0 Å². The van der Waals surface area contributed by atoms with E-state index in [9.17, 15) is 4.39 Å². The minimum absolute atomic E-state index is 0.270. The lowest BCUT2D eigenvalue weighted by Crippen LogP contribution is -2.13. The van der Waals surface area contributed by atoms with Crippen LogP contribution in [-0.2, 0) is 6.42 Å². The topological polar surface area (TPSA) is 43.8 Å². The lowest BCUT2D eigenvalue weighted by Gasteiger charge is -2.15. The fraction of sp³-hybridized carbons (Fsp3) is 0.308. The minimum atomic E-state index is -0.349. The van der Waals surface area contributed by atoms with E-state index in [2.05, 4.69) is 4.98 Å². The van der Waals surface area contributed by atoms with Gasteiger partial charge in [0.05, 0.1) is 5.69 Å². The molecule has 90 valence electrons. The van der Waals surface area contributed by atoms with Crippen molar-refractivity contribution < 1.29 is 4.39 Å². The van der Waals surface area contributed by atoms with Crippen LogP contribution in [0.4, 0.5) is 4.39 Å². The molecule has 0 saturated heterocycles. The third-order valence-electron chi connectivity index (χ3n) is 2.78. The molecule has 0 aliphatic rings. The van der Waals surface area contributed by atoms with E-state index in [4.69, 9.17) is 5.73 Å². The molecular weight excluding hydrogens is 217 g/mol. The first-order chi connectivity index (χ1) is 8.15. The second kappa shape index (κ2) is 4.67. The van der Waals surface area contributed by atoms with Crippen LogP contribution in [0, 0.1) is 5.82 Å². The molecule has 1 heterocycles. The Hall–Kier alpha value is -1.68. The number of hydrogen-bond acceptors (Lipinski definition) is 2. The first kappa shape index (κ1) is 11.8. The van der Waals surface area contributed by atoms with Crippen LogP contribution < -0.4 is 5.73 Å². The Morgan fingerprint density at radius 2 is 2.24 bits per heavy atom. The third-order valence-corrected chi connectivity index (χ3v) is 2.78. The molecule has 0 aliphatic carbocycles. The van der Waals surface area contributed by atoms with Crippen molar-refractivity contribution in [2.24, 2.45) is 5.73 Å². The maximum absolute atomic E-state index is 13.8. The zero-order valence-electron chi connectivity index (χ0n) is 10.0. The first-order valence-corrected chi connectivity index (χ1v) is 5.71. The van der Waals surface area contributed by atoms with Crippen LogP contribution in [0.15, 0.2) is 30.6 Å². The fourth-order valence-corrected chi connectivity index (χ4v) is 2.00. The van der Waals surface area contributed by atoms with E-state index in [1.807, 2.05) is 23.8 Å². The molecule has 2 rings (SSSR count). The summed E-state index contributed by atoms with van der Waals surface area (Å²) in [7, 11) is 0. The largest absolute Gasteiger partial charge is 0.324 e. The fourth-order valence-electron chi connectivity index (χ4n) is 2.00. The van der Waals surface area contributed by atoms with Crippen molar-refractivity contribution in [3.8, 4) is 5.69 Å². The molecule has 0 saturated carbocycles. The summed E-state index contributed by atoms with van der Waals surface area (Å²) in [4.78, 5) is 4.24. The summed E-state index contributed by atoms with van der Waals surface area (Å²) in [6, 6.07) is 4.64. The Kier molecular flexibility index (Phi) is 3.24. The van der Waals surface area contributed by atoms with Gasteiger partial charge in [0.2, 0.25) is 0 Å². The predicted octanol–water partition coefficient (Wildman–Crippen LogP) is 2.59. The van der Waals surface area contributed by atoms with Crippen LogP contribution in [0.5, 0.6) is 0 Å². The van der Waals surface area contributed by atoms with Crippen molar-refractivity contribution in [1.29, 1.82) is 0 Å². The number of nitrogens with two attached hydrogens (primary N) is 1. The quantitative estimate of drug-likeness (QED) is 0.885. The van der Waals surface area contributed by atoms with E-state index in [1.54, 1.807) is 19.2 Å². The van der Waals surface area contributed by atoms with Crippen LogP contribution >= 0.6 is 0 Å². The number of imidazole rings is 1. The molecule has 0 unspecified atom stereocenters. The highest BCUT2D eigenvalue weighted by Gasteiger charge is 2.15. The van der Waals surface area contributed by atoms with Crippen LogP contribution in [0.2, 0.25) is 0 Å². The van der Waals surface area contributed by atoms with Crippen LogP contribution in [0.25, 0.3) is 5.69 Å². The number of aromatic nitrogens is 2. The van der Waals surface area contributed by atoms with Gasteiger partial charge < -0.3 is 10.3 Å². The summed E-state index contributed by atoms with van der Waals surface area (Å²) in [5, 5.41) is 0. The highest BCUT2D eigenvalue weighted by atomic mass is 19.1. The summed E-state index contributed by atoms with van der Waals surface area (Å²) >= 11 is 0. The Labute approximate surface area is 100 Å². The molecule has 0 radical (unpaired) electrons. The van der Waals surface area contributed by atoms with Gasteiger partial charge >= 0.3 is 0 Å². The summed E-state index contributed by atoms with van der Waals surface area (Å²) in [6.45, 7) is 3.80. The van der Waals surface area contributed by atoms with Gasteiger partial charge in [-0.3, -0.25) is 0 Å². The number of nitrogens with zero attached hydrogens (tertiary/aromatic N) is 2. The standard InChI is InChI=1S/C13H16FN3/c1-3-12-16-7-8-17(12)11-6-4-5-10(14)13(11)9(2)15/h4-9H,3,15H2,1-2H3/t9-/m0/s1. The third kappa shape index (κ3) is 2.08. The van der Waals surface area contributed by atoms with Gasteiger partial charge in [-0.05, 0) is 19.1 Å². The zero-order chi connectivity index (χ0) is 12.4. The van der Waals surface area contributed by atoms with Gasteiger partial charge in [-0.2, -0.15) is 0 Å². The normalized spacial score (nSPS) is 12.7. The van der Waals surface area contributed by atoms with E-state index < -0.39 is 0 Å². The van der Waals surface area contributed by atoms with Gasteiger partial charge in [0.25, 0.3) is 0 Å². The van der Waals surface area contributed by atoms with Gasteiger partial charge in [0, 0.05) is 30.4 Å². The molecule has 0 aliphatic heterocycles. The van der Waals surface area contributed by atoms with E-state index in [0.717, 1.165) is 17.9 Å². The molecule has 3 nitrogen and oxygen atoms in total. The average Bonchev–Trinajstić information content (AvgIpc) is 2.75. The van der Waals surface area contributed by atoms with E-state index >= 15 is 0 Å². The Morgan fingerprint density at radius 1 is 1.47 bits per heavy atom. The van der Waals surface area contributed by atoms with Crippen LogP contribution in [-0.4, -0.2) is 9.55 Å². The van der Waals surface area contributed by atoms with Gasteiger partial charge in [-0.1, -0.05) is 13.0 Å². The summed E-state index contributed by atoms with van der Waals surface area (Å²) < 4.78 is 15.7. The number of halogens is 1. The van der Waals surface area contributed by atoms with Crippen molar-refractivity contribution in [3.63, 3.8) is 0 Å². The Bertz CT molecular complexity index is 517. The highest BCUT2D eigenvalue weighted by molar-refractivity contribution is 5.44. The predicted molar refractivity (Wildman–Crippen MR) is 65.5 cm³/mol. The summed E-state index contributed by atoms with van der Waals surface area (Å²) in [5.41, 5.74) is 7.14. The maximum Gasteiger partial charge on any atom is 0.130 e. The molecule has 2 aromatic rings. The number of aryl methyl sites for hydroxylation is 1. The minimum Gasteiger partial charge on any atom is -0.324 e. The molecular formula is C13H16FN3. The Balaban J connectivity index is 2.63. The molecule has 0 bridgehead atoms. The molecule has 1 aromatic heterocycles. The zero-order valence-corrected chi connectivity index (χ0v) is 10.0. The van der Waals surface area contributed by atoms with Crippen LogP contribution in [0.3, 0.4) is 0 Å². The second-order valence-electron chi connectivity index (χ2n) is 4.03. The molecule has 0 spiro atoms. The van der Waals surface area contributed by atoms with Crippen LogP contribution in [0.1, 0.15) is 31.3 Å². The first-order valence-electron chi connectivity index (χ1n) is 5.71. The summed E-state index contributed by atoms with van der Waals surface area (Å²) in [6.07, 6.45) is 4.34. The van der Waals surface area contributed by atoms with Crippen molar-refractivity contribution in [3.05, 3.63) is 47.8 Å². The molecule has 2 N–H and O–H groups in total. The smallest absolute Gasteiger partial charge is 0.130 e. The molecule has 1 aromatic carbocycles. The van der Waals surface area contributed by atoms with Gasteiger partial charge in [0.15, 0.2) is 0 Å². The maximum atomic E-state index is 13.8. The average molecular weight is 233 g/mol. The van der Waals surface area contributed by atoms with Crippen molar-refractivity contribution in [1.82, 2.24) is 9.55 Å². The van der Waals surface area contributed by atoms with Gasteiger partial charge in [-0.25, -0.2) is 9.37 Å². The van der Waals surface area contributed by atoms with Crippen molar-refractivity contribution in [2.45, 2.75) is 26.3 Å². The molecule has 1 atom stereocenters. The van der Waals surface area contributed by atoms with Crippen molar-refractivity contribution in [2.75, 3.05) is 0 Å². The number of hydrogen-bond donors (Lipinski definition) is 1. The lowest BCUT2D eigenvalue weighted by atomic mass is 10.1. The Morgan fingerprint density at radius 3 is 2.88 bits per heavy atom. The lowest BCUT2D eigenvalue weighted by molar-refractivity contribution is 0.590. The molecule has 0 fully saturated rings. The monoisotopic (exact) mass is 233 g/mol. The van der Waals surface area contributed by atoms with E-state index in [0.29, 0.717) is 5.56 Å². The highest BCUT2D eigenvalue weighted by Crippen LogP contribution is 2.24. The molecule has 17 heavy (non-hydrogen) atoms. The second-order valence-corrected chi connectivity index (χ2v) is 4.03. The SMILES string of the molecule is CCc1nccn1-c1cccc(F)c1[C@H](C)N. The number of rotatable bonds is 3. The van der Waals surface area contributed by atoms with Crippen molar-refractivity contribution >= 4 is 0 Å². The van der Waals surface area contributed by atoms with Gasteiger partial charge in [0.1, 0.15) is 11.6 Å². The summed E-state index contributed by atoms with van der Waals surface area (Å²) in [5.74, 6) is 0.630. The van der Waals surface area contributed by atoms with E-state index in [-0.39, 0.29) is 11.9 Å². The molecule has 4 heteroatoms. The van der Waals surface area contributed by atoms with E-state index in [1.165, 1.54) is 6.07 Å². The number of benzene rings is 1.